The molecule has 0 atom stereocenters. The molecule has 1 aromatic heterocycles. The van der Waals surface area contributed by atoms with Crippen LogP contribution in [0.15, 0.2) is 47.2 Å². The average molecular weight is 340 g/mol. The van der Waals surface area contributed by atoms with E-state index < -0.39 is 0 Å². The summed E-state index contributed by atoms with van der Waals surface area (Å²) in [6.07, 6.45) is 4.26. The van der Waals surface area contributed by atoms with E-state index >= 15 is 0 Å². The van der Waals surface area contributed by atoms with Crippen LogP contribution < -0.4 is 5.32 Å². The Kier molecular flexibility index (Phi) is 4.93. The summed E-state index contributed by atoms with van der Waals surface area (Å²) in [5, 5.41) is 3.47. The first-order valence-corrected chi connectivity index (χ1v) is 6.96. The van der Waals surface area contributed by atoms with Crippen LogP contribution in [0.2, 0.25) is 5.02 Å². The van der Waals surface area contributed by atoms with E-state index in [2.05, 4.69) is 26.2 Å². The van der Waals surface area contributed by atoms with E-state index in [1.54, 1.807) is 30.6 Å². The lowest BCUT2D eigenvalue weighted by Gasteiger charge is -2.07. The number of nitrogens with zero attached hydrogens (tertiary/aromatic N) is 1. The van der Waals surface area contributed by atoms with Crippen molar-refractivity contribution in [2.45, 2.75) is 6.42 Å². The van der Waals surface area contributed by atoms with Gasteiger partial charge in [0.25, 0.3) is 5.91 Å². The fourth-order valence-electron chi connectivity index (χ4n) is 1.64. The van der Waals surface area contributed by atoms with Crippen LogP contribution >= 0.6 is 27.5 Å². The molecule has 1 heterocycles. The molecule has 19 heavy (non-hydrogen) atoms. The van der Waals surface area contributed by atoms with E-state index in [0.29, 0.717) is 21.6 Å². The zero-order chi connectivity index (χ0) is 13.7. The highest BCUT2D eigenvalue weighted by atomic mass is 79.9. The minimum atomic E-state index is -0.113. The van der Waals surface area contributed by atoms with Crippen molar-refractivity contribution in [1.82, 2.24) is 10.3 Å². The van der Waals surface area contributed by atoms with Crippen molar-refractivity contribution in [2.24, 2.45) is 0 Å². The number of rotatable bonds is 4. The molecular weight excluding hydrogens is 328 g/mol. The van der Waals surface area contributed by atoms with Crippen LogP contribution in [0.4, 0.5) is 0 Å². The smallest absolute Gasteiger partial charge is 0.252 e. The number of hydrogen-bond donors (Lipinski definition) is 1. The third kappa shape index (κ3) is 4.04. The Hall–Kier alpha value is -1.39. The molecule has 0 aliphatic heterocycles. The molecule has 2 aromatic rings. The highest BCUT2D eigenvalue weighted by Crippen LogP contribution is 2.21. The predicted molar refractivity (Wildman–Crippen MR) is 79.4 cm³/mol. The zero-order valence-electron chi connectivity index (χ0n) is 10.1. The number of benzene rings is 1. The van der Waals surface area contributed by atoms with Gasteiger partial charge in [-0.1, -0.05) is 11.6 Å². The molecule has 0 fully saturated rings. The maximum Gasteiger partial charge on any atom is 0.252 e. The van der Waals surface area contributed by atoms with E-state index in [1.807, 2.05) is 12.1 Å². The molecule has 5 heteroatoms. The van der Waals surface area contributed by atoms with Crippen LogP contribution in [0.1, 0.15) is 15.9 Å². The number of pyridine rings is 1. The number of halogens is 2. The summed E-state index contributed by atoms with van der Waals surface area (Å²) in [6.45, 7) is 0.581. The molecular formula is C14H12BrClN2O. The number of carbonyl (C=O) groups excluding carboxylic acids is 1. The second kappa shape index (κ2) is 6.68. The average Bonchev–Trinajstić information content (AvgIpc) is 2.39. The molecule has 3 nitrogen and oxygen atoms in total. The normalized spacial score (nSPS) is 10.2. The summed E-state index contributed by atoms with van der Waals surface area (Å²) in [4.78, 5) is 15.9. The van der Waals surface area contributed by atoms with Crippen LogP contribution in [-0.2, 0) is 6.42 Å². The van der Waals surface area contributed by atoms with Gasteiger partial charge in [0.15, 0.2) is 0 Å². The van der Waals surface area contributed by atoms with Crippen molar-refractivity contribution in [3.8, 4) is 0 Å². The van der Waals surface area contributed by atoms with Crippen LogP contribution in [0.3, 0.4) is 0 Å². The highest BCUT2D eigenvalue weighted by molar-refractivity contribution is 9.10. The summed E-state index contributed by atoms with van der Waals surface area (Å²) in [7, 11) is 0. The molecule has 0 saturated heterocycles. The van der Waals surface area contributed by atoms with Gasteiger partial charge < -0.3 is 5.32 Å². The summed E-state index contributed by atoms with van der Waals surface area (Å²) >= 11 is 9.17. The van der Waals surface area contributed by atoms with Crippen LogP contribution in [-0.4, -0.2) is 17.4 Å². The monoisotopic (exact) mass is 338 g/mol. The van der Waals surface area contributed by atoms with Gasteiger partial charge in [-0.15, -0.1) is 0 Å². The van der Waals surface area contributed by atoms with Gasteiger partial charge in [0.2, 0.25) is 0 Å². The van der Waals surface area contributed by atoms with Gasteiger partial charge in [-0.25, -0.2) is 0 Å². The lowest BCUT2D eigenvalue weighted by atomic mass is 10.2. The Balaban J connectivity index is 1.91. The fraction of sp³-hybridized carbons (Fsp3) is 0.143. The molecule has 1 aromatic carbocycles. The number of amides is 1. The Morgan fingerprint density at radius 1 is 1.26 bits per heavy atom. The summed E-state index contributed by atoms with van der Waals surface area (Å²) in [6, 6.07) is 8.98. The largest absolute Gasteiger partial charge is 0.352 e. The first kappa shape index (κ1) is 14.0. The Labute approximate surface area is 125 Å². The molecule has 0 radical (unpaired) electrons. The topological polar surface area (TPSA) is 42.0 Å². The van der Waals surface area contributed by atoms with E-state index in [9.17, 15) is 4.79 Å². The van der Waals surface area contributed by atoms with Crippen molar-refractivity contribution in [2.75, 3.05) is 6.54 Å². The third-order valence-electron chi connectivity index (χ3n) is 2.62. The van der Waals surface area contributed by atoms with Crippen LogP contribution in [0.5, 0.6) is 0 Å². The maximum absolute atomic E-state index is 12.0. The third-order valence-corrected chi connectivity index (χ3v) is 3.52. The Morgan fingerprint density at radius 2 is 2.00 bits per heavy atom. The number of carbonyl (C=O) groups is 1. The maximum atomic E-state index is 12.0. The molecule has 98 valence electrons. The summed E-state index contributed by atoms with van der Waals surface area (Å²) in [5.41, 5.74) is 1.73. The van der Waals surface area contributed by atoms with E-state index in [-0.39, 0.29) is 5.91 Å². The minimum absolute atomic E-state index is 0.113. The molecule has 0 aliphatic rings. The molecule has 0 bridgehead atoms. The molecule has 0 spiro atoms. The molecule has 0 aliphatic carbocycles. The number of hydrogen-bond acceptors (Lipinski definition) is 2. The zero-order valence-corrected chi connectivity index (χ0v) is 12.4. The summed E-state index contributed by atoms with van der Waals surface area (Å²) in [5.74, 6) is -0.113. The van der Waals surface area contributed by atoms with E-state index in [1.165, 1.54) is 0 Å². The van der Waals surface area contributed by atoms with Gasteiger partial charge in [-0.3, -0.25) is 9.78 Å². The predicted octanol–water partition coefficient (Wildman–Crippen LogP) is 3.47. The van der Waals surface area contributed by atoms with Crippen molar-refractivity contribution in [1.29, 1.82) is 0 Å². The van der Waals surface area contributed by atoms with Gasteiger partial charge >= 0.3 is 0 Å². The first-order chi connectivity index (χ1) is 9.16. The van der Waals surface area contributed by atoms with E-state index in [0.717, 1.165) is 12.0 Å². The first-order valence-electron chi connectivity index (χ1n) is 5.79. The molecule has 2 rings (SSSR count). The second-order valence-electron chi connectivity index (χ2n) is 3.99. The van der Waals surface area contributed by atoms with Gasteiger partial charge in [0, 0.05) is 28.4 Å². The molecule has 0 saturated carbocycles. The van der Waals surface area contributed by atoms with Crippen molar-refractivity contribution < 1.29 is 4.79 Å². The van der Waals surface area contributed by atoms with Crippen LogP contribution in [0, 0.1) is 0 Å². The Bertz CT molecular complexity index is 575. The molecule has 1 amide bonds. The van der Waals surface area contributed by atoms with Crippen LogP contribution in [0.25, 0.3) is 0 Å². The van der Waals surface area contributed by atoms with Gasteiger partial charge in [0.05, 0.1) is 5.56 Å². The highest BCUT2D eigenvalue weighted by Gasteiger charge is 2.09. The SMILES string of the molecule is O=C(NCCc1ccncc1)c1ccc(Cl)cc1Br. The lowest BCUT2D eigenvalue weighted by Crippen LogP contribution is -2.26. The summed E-state index contributed by atoms with van der Waals surface area (Å²) < 4.78 is 0.696. The Morgan fingerprint density at radius 3 is 2.68 bits per heavy atom. The van der Waals surface area contributed by atoms with Gasteiger partial charge in [-0.2, -0.15) is 0 Å². The minimum Gasteiger partial charge on any atom is -0.352 e. The number of aromatic nitrogens is 1. The fourth-order valence-corrected chi connectivity index (χ4v) is 2.50. The van der Waals surface area contributed by atoms with Gasteiger partial charge in [-0.05, 0) is 58.2 Å². The lowest BCUT2D eigenvalue weighted by molar-refractivity contribution is 0.0953. The quantitative estimate of drug-likeness (QED) is 0.927. The number of nitrogens with one attached hydrogen (secondary N) is 1. The van der Waals surface area contributed by atoms with Crippen molar-refractivity contribution >= 4 is 33.4 Å². The van der Waals surface area contributed by atoms with Gasteiger partial charge in [0.1, 0.15) is 0 Å². The second-order valence-corrected chi connectivity index (χ2v) is 5.28. The van der Waals surface area contributed by atoms with Crippen molar-refractivity contribution in [3.05, 3.63) is 63.3 Å². The standard InChI is InChI=1S/C14H12BrClN2O/c15-13-9-11(16)1-2-12(13)14(19)18-8-5-10-3-6-17-7-4-10/h1-4,6-7,9H,5,8H2,(H,18,19). The molecule has 0 unspecified atom stereocenters. The molecule has 1 N–H and O–H groups in total. The van der Waals surface area contributed by atoms with E-state index in [4.69, 9.17) is 11.6 Å². The van der Waals surface area contributed by atoms with Crippen molar-refractivity contribution in [3.63, 3.8) is 0 Å².